The molecule has 3 nitrogen and oxygen atoms in total. The minimum absolute atomic E-state index is 0.391. The van der Waals surface area contributed by atoms with E-state index in [0.29, 0.717) is 12.1 Å². The maximum absolute atomic E-state index is 6.42. The van der Waals surface area contributed by atoms with Crippen LogP contribution in [-0.4, -0.2) is 50.0 Å². The lowest BCUT2D eigenvalue weighted by atomic mass is 9.91. The monoisotopic (exact) mass is 339 g/mol. The highest BCUT2D eigenvalue weighted by molar-refractivity contribution is 5.85. The fourth-order valence-corrected chi connectivity index (χ4v) is 4.43. The summed E-state index contributed by atoms with van der Waals surface area (Å²) in [6.45, 7) is 4.69. The zero-order chi connectivity index (χ0) is 16.9. The zero-order valence-electron chi connectivity index (χ0n) is 15.0. The fourth-order valence-electron chi connectivity index (χ4n) is 4.43. The predicted octanol–water partition coefficient (Wildman–Crippen LogP) is 4.04. The van der Waals surface area contributed by atoms with Crippen molar-refractivity contribution >= 4 is 10.8 Å². The Morgan fingerprint density at radius 3 is 2.68 bits per heavy atom. The number of morpholine rings is 1. The minimum Gasteiger partial charge on any atom is -0.379 e. The summed E-state index contributed by atoms with van der Waals surface area (Å²) in [5.41, 5.74) is 1.40. The average Bonchev–Trinajstić information content (AvgIpc) is 2.69. The van der Waals surface area contributed by atoms with Crippen LogP contribution >= 0.6 is 0 Å². The van der Waals surface area contributed by atoms with Crippen LogP contribution in [0.4, 0.5) is 0 Å². The van der Waals surface area contributed by atoms with Crippen LogP contribution in [-0.2, 0) is 15.9 Å². The molecule has 1 heterocycles. The SMILES string of the molecule is c1ccc2c(CCO[C@H]3CCCC[C@@H]3N3CCOCC3)cccc2c1. The molecule has 2 aromatic rings. The number of benzene rings is 2. The van der Waals surface area contributed by atoms with Crippen molar-refractivity contribution in [2.45, 2.75) is 44.2 Å². The molecule has 0 radical (unpaired) electrons. The summed E-state index contributed by atoms with van der Waals surface area (Å²) in [5.74, 6) is 0. The molecule has 1 aliphatic heterocycles. The van der Waals surface area contributed by atoms with Gasteiger partial charge in [-0.25, -0.2) is 0 Å². The Morgan fingerprint density at radius 2 is 1.76 bits per heavy atom. The number of hydrogen-bond acceptors (Lipinski definition) is 3. The third-order valence-corrected chi connectivity index (χ3v) is 5.77. The molecule has 2 fully saturated rings. The third-order valence-electron chi connectivity index (χ3n) is 5.77. The van der Waals surface area contributed by atoms with Crippen LogP contribution in [0.3, 0.4) is 0 Å². The molecule has 0 N–H and O–H groups in total. The maximum Gasteiger partial charge on any atom is 0.0730 e. The van der Waals surface area contributed by atoms with Crippen molar-refractivity contribution in [3.05, 3.63) is 48.0 Å². The standard InChI is InChI=1S/C22H29NO2/c1-2-9-20-18(6-1)7-5-8-19(20)12-15-25-22-11-4-3-10-21(22)23-13-16-24-17-14-23/h1-2,5-9,21-22H,3-4,10-17H2/t21-,22-/m0/s1. The molecule has 1 aliphatic carbocycles. The number of ether oxygens (including phenoxy) is 2. The van der Waals surface area contributed by atoms with Gasteiger partial charge in [0.1, 0.15) is 0 Å². The van der Waals surface area contributed by atoms with E-state index in [-0.39, 0.29) is 0 Å². The number of fused-ring (bicyclic) bond motifs is 1. The van der Waals surface area contributed by atoms with Crippen molar-refractivity contribution in [3.63, 3.8) is 0 Å². The fraction of sp³-hybridized carbons (Fsp3) is 0.545. The molecule has 1 saturated carbocycles. The second-order valence-electron chi connectivity index (χ2n) is 7.30. The van der Waals surface area contributed by atoms with Gasteiger partial charge in [-0.05, 0) is 35.6 Å². The second kappa shape index (κ2) is 8.31. The van der Waals surface area contributed by atoms with Crippen LogP contribution < -0.4 is 0 Å². The molecule has 134 valence electrons. The Morgan fingerprint density at radius 1 is 0.960 bits per heavy atom. The van der Waals surface area contributed by atoms with E-state index in [2.05, 4.69) is 47.4 Å². The first-order valence-corrected chi connectivity index (χ1v) is 9.82. The van der Waals surface area contributed by atoms with Crippen LogP contribution in [0, 0.1) is 0 Å². The maximum atomic E-state index is 6.42. The summed E-state index contributed by atoms with van der Waals surface area (Å²) in [4.78, 5) is 2.60. The Balaban J connectivity index is 1.37. The van der Waals surface area contributed by atoms with E-state index < -0.39 is 0 Å². The normalized spacial score (nSPS) is 25.3. The van der Waals surface area contributed by atoms with Gasteiger partial charge in [0, 0.05) is 19.1 Å². The third kappa shape index (κ3) is 4.05. The number of hydrogen-bond donors (Lipinski definition) is 0. The lowest BCUT2D eigenvalue weighted by Crippen LogP contribution is -2.51. The van der Waals surface area contributed by atoms with Gasteiger partial charge in [0.25, 0.3) is 0 Å². The topological polar surface area (TPSA) is 21.7 Å². The molecule has 25 heavy (non-hydrogen) atoms. The Kier molecular flexibility index (Phi) is 5.65. The largest absolute Gasteiger partial charge is 0.379 e. The van der Waals surface area contributed by atoms with Gasteiger partial charge in [0.2, 0.25) is 0 Å². The number of nitrogens with zero attached hydrogens (tertiary/aromatic N) is 1. The molecule has 2 atom stereocenters. The van der Waals surface area contributed by atoms with Crippen molar-refractivity contribution in [1.82, 2.24) is 4.90 Å². The summed E-state index contributed by atoms with van der Waals surface area (Å²) in [6, 6.07) is 15.8. The van der Waals surface area contributed by atoms with Gasteiger partial charge in [-0.3, -0.25) is 4.90 Å². The van der Waals surface area contributed by atoms with Crippen LogP contribution in [0.25, 0.3) is 10.8 Å². The molecule has 0 aromatic heterocycles. The molecule has 0 bridgehead atoms. The van der Waals surface area contributed by atoms with Gasteiger partial charge in [-0.15, -0.1) is 0 Å². The van der Waals surface area contributed by atoms with Gasteiger partial charge in [-0.1, -0.05) is 55.3 Å². The molecule has 3 heteroatoms. The first kappa shape index (κ1) is 17.0. The van der Waals surface area contributed by atoms with E-state index in [4.69, 9.17) is 9.47 Å². The van der Waals surface area contributed by atoms with Crippen LogP contribution in [0.2, 0.25) is 0 Å². The molecular formula is C22H29NO2. The van der Waals surface area contributed by atoms with E-state index >= 15 is 0 Å². The van der Waals surface area contributed by atoms with Crippen molar-refractivity contribution in [1.29, 1.82) is 0 Å². The lowest BCUT2D eigenvalue weighted by molar-refractivity contribution is -0.0647. The number of rotatable bonds is 5. The summed E-state index contributed by atoms with van der Waals surface area (Å²) >= 11 is 0. The van der Waals surface area contributed by atoms with Crippen molar-refractivity contribution < 1.29 is 9.47 Å². The minimum atomic E-state index is 0.391. The summed E-state index contributed by atoms with van der Waals surface area (Å²) < 4.78 is 11.9. The molecule has 0 unspecified atom stereocenters. The smallest absolute Gasteiger partial charge is 0.0730 e. The Bertz CT molecular complexity index is 675. The van der Waals surface area contributed by atoms with Gasteiger partial charge in [-0.2, -0.15) is 0 Å². The van der Waals surface area contributed by atoms with Crippen LogP contribution in [0.1, 0.15) is 31.2 Å². The molecule has 0 amide bonds. The average molecular weight is 339 g/mol. The molecule has 4 rings (SSSR count). The van der Waals surface area contributed by atoms with Crippen LogP contribution in [0.15, 0.2) is 42.5 Å². The quantitative estimate of drug-likeness (QED) is 0.820. The van der Waals surface area contributed by atoms with E-state index in [1.54, 1.807) is 0 Å². The van der Waals surface area contributed by atoms with E-state index in [0.717, 1.165) is 39.3 Å². The molecular weight excluding hydrogens is 310 g/mol. The lowest BCUT2D eigenvalue weighted by Gasteiger charge is -2.41. The first-order chi connectivity index (χ1) is 12.4. The van der Waals surface area contributed by atoms with Crippen molar-refractivity contribution in [2.24, 2.45) is 0 Å². The van der Waals surface area contributed by atoms with E-state index in [1.807, 2.05) is 0 Å². The zero-order valence-corrected chi connectivity index (χ0v) is 15.0. The summed E-state index contributed by atoms with van der Waals surface area (Å²) in [5, 5.41) is 2.69. The summed E-state index contributed by atoms with van der Waals surface area (Å²) in [7, 11) is 0. The van der Waals surface area contributed by atoms with Gasteiger partial charge in [0.15, 0.2) is 0 Å². The van der Waals surface area contributed by atoms with E-state index in [1.165, 1.54) is 42.0 Å². The highest BCUT2D eigenvalue weighted by Gasteiger charge is 2.31. The second-order valence-corrected chi connectivity index (χ2v) is 7.30. The Hall–Kier alpha value is -1.42. The van der Waals surface area contributed by atoms with Crippen molar-refractivity contribution in [3.8, 4) is 0 Å². The van der Waals surface area contributed by atoms with Crippen molar-refractivity contribution in [2.75, 3.05) is 32.9 Å². The summed E-state index contributed by atoms with van der Waals surface area (Å²) in [6.07, 6.45) is 6.51. The molecule has 2 aliphatic rings. The van der Waals surface area contributed by atoms with Crippen LogP contribution in [0.5, 0.6) is 0 Å². The Labute approximate surface area is 150 Å². The van der Waals surface area contributed by atoms with Gasteiger partial charge in [0.05, 0.1) is 25.9 Å². The molecule has 1 saturated heterocycles. The van der Waals surface area contributed by atoms with Gasteiger partial charge >= 0.3 is 0 Å². The molecule has 2 aromatic carbocycles. The first-order valence-electron chi connectivity index (χ1n) is 9.82. The van der Waals surface area contributed by atoms with E-state index in [9.17, 15) is 0 Å². The predicted molar refractivity (Wildman–Crippen MR) is 102 cm³/mol. The molecule has 0 spiro atoms. The highest BCUT2D eigenvalue weighted by atomic mass is 16.5. The highest BCUT2D eigenvalue weighted by Crippen LogP contribution is 2.27. The van der Waals surface area contributed by atoms with Gasteiger partial charge < -0.3 is 9.47 Å².